The third-order valence-electron chi connectivity index (χ3n) is 3.67. The number of hydrogen-bond donors (Lipinski definition) is 1. The number of ether oxygens (including phenoxy) is 2. The molecule has 0 fully saturated rings. The van der Waals surface area contributed by atoms with Gasteiger partial charge < -0.3 is 14.6 Å². The van der Waals surface area contributed by atoms with E-state index in [9.17, 15) is 15.2 Å². The van der Waals surface area contributed by atoms with E-state index in [1.807, 2.05) is 26.0 Å². The molecule has 1 aliphatic heterocycles. The summed E-state index contributed by atoms with van der Waals surface area (Å²) in [7, 11) is 0. The van der Waals surface area contributed by atoms with Gasteiger partial charge in [-0.2, -0.15) is 0 Å². The van der Waals surface area contributed by atoms with Crippen molar-refractivity contribution in [2.45, 2.75) is 26.1 Å². The average Bonchev–Trinajstić information content (AvgIpc) is 2.53. The van der Waals surface area contributed by atoms with Crippen LogP contribution in [0, 0.1) is 10.1 Å². The molecule has 2 aromatic rings. The number of aromatic hydroxyl groups is 1. The highest BCUT2D eigenvalue weighted by molar-refractivity contribution is 5.65. The minimum absolute atomic E-state index is 0.0172. The zero-order valence-corrected chi connectivity index (χ0v) is 13.4. The van der Waals surface area contributed by atoms with Crippen LogP contribution in [-0.2, 0) is 6.61 Å². The summed E-state index contributed by atoms with van der Waals surface area (Å²) in [6, 6.07) is 9.32. The van der Waals surface area contributed by atoms with Crippen LogP contribution in [0.25, 0.3) is 6.08 Å². The molecular formula is C18H17NO5. The van der Waals surface area contributed by atoms with Gasteiger partial charge in [-0.05, 0) is 43.7 Å². The van der Waals surface area contributed by atoms with Crippen LogP contribution in [0.1, 0.15) is 25.0 Å². The van der Waals surface area contributed by atoms with Gasteiger partial charge in [0.25, 0.3) is 5.69 Å². The van der Waals surface area contributed by atoms with Crippen LogP contribution in [0.15, 0.2) is 42.5 Å². The zero-order valence-electron chi connectivity index (χ0n) is 13.4. The van der Waals surface area contributed by atoms with Gasteiger partial charge in [0.05, 0.1) is 4.92 Å². The second-order valence-electron chi connectivity index (χ2n) is 6.11. The standard InChI is InChI=1S/C18H17NO5/c1-18(2)8-7-13-9-15(20)17(10-16(13)24-18)23-11-12-3-5-14(6-4-12)19(21)22/h3-10,20H,11H2,1-2H3. The summed E-state index contributed by atoms with van der Waals surface area (Å²) in [6.07, 6.45) is 3.82. The summed E-state index contributed by atoms with van der Waals surface area (Å²) in [5.41, 5.74) is 1.16. The number of fused-ring (bicyclic) bond motifs is 1. The van der Waals surface area contributed by atoms with Crippen molar-refractivity contribution in [1.82, 2.24) is 0 Å². The molecular weight excluding hydrogens is 310 g/mol. The van der Waals surface area contributed by atoms with E-state index in [0.717, 1.165) is 11.1 Å². The maximum atomic E-state index is 10.6. The Morgan fingerprint density at radius 2 is 1.96 bits per heavy atom. The lowest BCUT2D eigenvalue weighted by Gasteiger charge is -2.28. The molecule has 0 spiro atoms. The zero-order chi connectivity index (χ0) is 17.3. The third kappa shape index (κ3) is 3.32. The minimum Gasteiger partial charge on any atom is -0.504 e. The lowest BCUT2D eigenvalue weighted by molar-refractivity contribution is -0.384. The van der Waals surface area contributed by atoms with E-state index in [4.69, 9.17) is 9.47 Å². The Balaban J connectivity index is 1.76. The van der Waals surface area contributed by atoms with Crippen LogP contribution < -0.4 is 9.47 Å². The molecule has 0 atom stereocenters. The Morgan fingerprint density at radius 1 is 1.25 bits per heavy atom. The van der Waals surface area contributed by atoms with Gasteiger partial charge in [-0.1, -0.05) is 6.08 Å². The predicted molar refractivity (Wildman–Crippen MR) is 89.3 cm³/mol. The van der Waals surface area contributed by atoms with E-state index >= 15 is 0 Å². The summed E-state index contributed by atoms with van der Waals surface area (Å²) in [6.45, 7) is 4.07. The number of benzene rings is 2. The molecule has 2 aromatic carbocycles. The van der Waals surface area contributed by atoms with Gasteiger partial charge >= 0.3 is 0 Å². The summed E-state index contributed by atoms with van der Waals surface area (Å²) >= 11 is 0. The van der Waals surface area contributed by atoms with Gasteiger partial charge in [0.15, 0.2) is 11.5 Å². The highest BCUT2D eigenvalue weighted by atomic mass is 16.6. The van der Waals surface area contributed by atoms with Crippen molar-refractivity contribution in [3.63, 3.8) is 0 Å². The number of nitro benzene ring substituents is 1. The fourth-order valence-corrected chi connectivity index (χ4v) is 2.38. The second kappa shape index (κ2) is 5.88. The summed E-state index contributed by atoms with van der Waals surface area (Å²) in [5.74, 6) is 0.959. The molecule has 1 N–H and O–H groups in total. The van der Waals surface area contributed by atoms with E-state index < -0.39 is 10.5 Å². The van der Waals surface area contributed by atoms with Crippen molar-refractivity contribution >= 4 is 11.8 Å². The third-order valence-corrected chi connectivity index (χ3v) is 3.67. The number of nitro groups is 1. The first-order valence-electron chi connectivity index (χ1n) is 7.45. The monoisotopic (exact) mass is 327 g/mol. The highest BCUT2D eigenvalue weighted by Gasteiger charge is 2.23. The van der Waals surface area contributed by atoms with Crippen molar-refractivity contribution in [1.29, 1.82) is 0 Å². The first kappa shape index (κ1) is 15.9. The minimum atomic E-state index is -0.452. The number of non-ortho nitro benzene ring substituents is 1. The van der Waals surface area contributed by atoms with Crippen molar-refractivity contribution < 1.29 is 19.5 Å². The normalized spacial score (nSPS) is 14.6. The lowest BCUT2D eigenvalue weighted by atomic mass is 10.0. The smallest absolute Gasteiger partial charge is 0.269 e. The molecule has 3 rings (SSSR count). The van der Waals surface area contributed by atoms with Crippen molar-refractivity contribution in [2.75, 3.05) is 0 Å². The Labute approximate surface area is 139 Å². The molecule has 0 amide bonds. The van der Waals surface area contributed by atoms with E-state index in [0.29, 0.717) is 11.5 Å². The predicted octanol–water partition coefficient (Wildman–Crippen LogP) is 4.06. The fraction of sp³-hybridized carbons (Fsp3) is 0.222. The topological polar surface area (TPSA) is 81.8 Å². The molecule has 6 heteroatoms. The van der Waals surface area contributed by atoms with E-state index in [2.05, 4.69) is 0 Å². The molecule has 0 saturated heterocycles. The molecule has 0 aromatic heterocycles. The maximum absolute atomic E-state index is 10.6. The SMILES string of the molecule is CC1(C)C=Cc2cc(O)c(OCc3ccc([N+](=O)[O-])cc3)cc2O1. The van der Waals surface area contributed by atoms with Gasteiger partial charge in [0.2, 0.25) is 0 Å². The molecule has 0 radical (unpaired) electrons. The van der Waals surface area contributed by atoms with E-state index in [1.54, 1.807) is 24.3 Å². The van der Waals surface area contributed by atoms with Crippen molar-refractivity contribution in [2.24, 2.45) is 0 Å². The maximum Gasteiger partial charge on any atom is 0.269 e. The molecule has 1 aliphatic rings. The Hall–Kier alpha value is -3.02. The Bertz CT molecular complexity index is 809. The van der Waals surface area contributed by atoms with Gasteiger partial charge in [-0.15, -0.1) is 0 Å². The van der Waals surface area contributed by atoms with Crippen LogP contribution >= 0.6 is 0 Å². The first-order valence-corrected chi connectivity index (χ1v) is 7.45. The van der Waals surface area contributed by atoms with E-state index in [-0.39, 0.29) is 18.0 Å². The van der Waals surface area contributed by atoms with Gasteiger partial charge in [0, 0.05) is 23.8 Å². The largest absolute Gasteiger partial charge is 0.504 e. The summed E-state index contributed by atoms with van der Waals surface area (Å²) < 4.78 is 11.5. The molecule has 0 unspecified atom stereocenters. The number of rotatable bonds is 4. The van der Waals surface area contributed by atoms with Crippen molar-refractivity contribution in [3.05, 3.63) is 63.7 Å². The van der Waals surface area contributed by atoms with Crippen LogP contribution in [0.4, 0.5) is 5.69 Å². The fourth-order valence-electron chi connectivity index (χ4n) is 2.38. The molecule has 0 aliphatic carbocycles. The second-order valence-corrected chi connectivity index (χ2v) is 6.11. The van der Waals surface area contributed by atoms with Crippen LogP contribution in [0.3, 0.4) is 0 Å². The van der Waals surface area contributed by atoms with Gasteiger partial charge in [-0.25, -0.2) is 0 Å². The van der Waals surface area contributed by atoms with Crippen LogP contribution in [-0.4, -0.2) is 15.6 Å². The van der Waals surface area contributed by atoms with E-state index in [1.165, 1.54) is 12.1 Å². The summed E-state index contributed by atoms with van der Waals surface area (Å²) in [4.78, 5) is 10.2. The molecule has 124 valence electrons. The average molecular weight is 327 g/mol. The van der Waals surface area contributed by atoms with Gasteiger partial charge in [-0.3, -0.25) is 10.1 Å². The molecule has 1 heterocycles. The molecule has 0 saturated carbocycles. The van der Waals surface area contributed by atoms with Crippen LogP contribution in [0.2, 0.25) is 0 Å². The number of nitrogens with zero attached hydrogens (tertiary/aromatic N) is 1. The highest BCUT2D eigenvalue weighted by Crippen LogP contribution is 2.39. The molecule has 6 nitrogen and oxygen atoms in total. The molecule has 0 bridgehead atoms. The Morgan fingerprint density at radius 3 is 2.62 bits per heavy atom. The number of phenolic OH excluding ortho intramolecular Hbond substituents is 1. The Kier molecular flexibility index (Phi) is 3.89. The number of hydrogen-bond acceptors (Lipinski definition) is 5. The first-order chi connectivity index (χ1) is 11.3. The number of phenols is 1. The molecule has 24 heavy (non-hydrogen) atoms. The quantitative estimate of drug-likeness (QED) is 0.676. The van der Waals surface area contributed by atoms with Crippen molar-refractivity contribution in [3.8, 4) is 17.2 Å². The summed E-state index contributed by atoms with van der Waals surface area (Å²) in [5, 5.41) is 20.7. The van der Waals surface area contributed by atoms with Crippen LogP contribution in [0.5, 0.6) is 17.2 Å². The van der Waals surface area contributed by atoms with Gasteiger partial charge in [0.1, 0.15) is 18.0 Å². The lowest BCUT2D eigenvalue weighted by Crippen LogP contribution is -2.27.